The second kappa shape index (κ2) is 5.80. The first kappa shape index (κ1) is 15.8. The van der Waals surface area contributed by atoms with E-state index in [1.165, 1.54) is 0 Å². The average molecular weight is 344 g/mol. The minimum atomic E-state index is -2.41. The monoisotopic (exact) mass is 342 g/mol. The fourth-order valence-corrected chi connectivity index (χ4v) is 1.40. The molecule has 0 radical (unpaired) electrons. The van der Waals surface area contributed by atoms with Crippen LogP contribution < -0.4 is 4.74 Å². The van der Waals surface area contributed by atoms with Crippen molar-refractivity contribution in [2.24, 2.45) is 0 Å². The number of alkyl halides is 3. The summed E-state index contributed by atoms with van der Waals surface area (Å²) in [5, 5.41) is 19.2. The van der Waals surface area contributed by atoms with Gasteiger partial charge in [0.1, 0.15) is 0 Å². The van der Waals surface area contributed by atoms with Gasteiger partial charge in [-0.25, -0.2) is 4.79 Å². The third-order valence-corrected chi connectivity index (χ3v) is 2.52. The van der Waals surface area contributed by atoms with E-state index in [9.17, 15) is 14.9 Å². The zero-order valence-electron chi connectivity index (χ0n) is 8.69. The summed E-state index contributed by atoms with van der Waals surface area (Å²) >= 11 is 21.5. The lowest BCUT2D eigenvalue weighted by Gasteiger charge is -2.11. The number of benzene rings is 1. The number of hydrogen-bond acceptors (Lipinski definition) is 5. The zero-order chi connectivity index (χ0) is 14.8. The van der Waals surface area contributed by atoms with Gasteiger partial charge < -0.3 is 4.74 Å². The summed E-state index contributed by atoms with van der Waals surface area (Å²) in [5.41, 5.74) is -0.767. The van der Waals surface area contributed by atoms with Gasteiger partial charge in [0.25, 0.3) is 3.79 Å². The van der Waals surface area contributed by atoms with Crippen LogP contribution in [-0.2, 0) is 4.79 Å². The number of rotatable bonds is 2. The van der Waals surface area contributed by atoms with E-state index in [0.29, 0.717) is 0 Å². The largest absolute Gasteiger partial charge is 0.414 e. The number of nitro benzene ring substituents is 1. The summed E-state index contributed by atoms with van der Waals surface area (Å²) < 4.78 is 2.17. The summed E-state index contributed by atoms with van der Waals surface area (Å²) in [6, 6.07) is 3.63. The predicted octanol–water partition coefficient (Wildman–Crippen LogP) is 3.40. The third-order valence-electron chi connectivity index (χ3n) is 1.78. The Labute approximate surface area is 126 Å². The van der Waals surface area contributed by atoms with Crippen molar-refractivity contribution < 1.29 is 14.5 Å². The molecular weight excluding hydrogens is 342 g/mol. The highest BCUT2D eigenvalue weighted by Gasteiger charge is 2.35. The topological polar surface area (TPSA) is 93.2 Å². The highest BCUT2D eigenvalue weighted by atomic mass is 35.6. The first-order chi connectivity index (χ1) is 8.66. The first-order valence-electron chi connectivity index (χ1n) is 4.34. The molecule has 0 aromatic heterocycles. The fourth-order valence-electron chi connectivity index (χ4n) is 1.03. The molecule has 100 valence electrons. The van der Waals surface area contributed by atoms with Crippen molar-refractivity contribution in [3.63, 3.8) is 0 Å². The van der Waals surface area contributed by atoms with Gasteiger partial charge in [0.15, 0.2) is 0 Å². The van der Waals surface area contributed by atoms with Gasteiger partial charge in [-0.05, 0) is 6.07 Å². The lowest BCUT2D eigenvalue weighted by Crippen LogP contribution is -2.25. The quantitative estimate of drug-likeness (QED) is 0.270. The van der Waals surface area contributed by atoms with Gasteiger partial charge in [-0.15, -0.1) is 0 Å². The molecule has 0 atom stereocenters. The summed E-state index contributed by atoms with van der Waals surface area (Å²) in [5.74, 6) is -1.95. The number of nitro groups is 1. The Balaban J connectivity index is 3.32. The third kappa shape index (κ3) is 3.85. The normalized spacial score (nSPS) is 10.7. The minimum absolute atomic E-state index is 0.0783. The Morgan fingerprint density at radius 2 is 2.00 bits per heavy atom. The molecule has 0 bridgehead atoms. The van der Waals surface area contributed by atoms with Crippen molar-refractivity contribution >= 4 is 58.1 Å². The number of hydrogen-bond donors (Lipinski definition) is 0. The molecule has 0 saturated carbocycles. The highest BCUT2D eigenvalue weighted by Crippen LogP contribution is 2.38. The standard InChI is InChI=1S/C9H2Cl4N2O4/c10-5-1-4(3-14)2-6(15(17)18)7(5)19-8(16)9(11,12)13/h1-2H. The van der Waals surface area contributed by atoms with Gasteiger partial charge in [-0.3, -0.25) is 10.1 Å². The van der Waals surface area contributed by atoms with Crippen LogP contribution in [0.25, 0.3) is 0 Å². The van der Waals surface area contributed by atoms with Gasteiger partial charge in [0, 0.05) is 6.07 Å². The summed E-state index contributed by atoms with van der Waals surface area (Å²) in [4.78, 5) is 21.3. The van der Waals surface area contributed by atoms with E-state index in [1.807, 2.05) is 0 Å². The molecule has 0 amide bonds. The Morgan fingerprint density at radius 1 is 1.42 bits per heavy atom. The molecule has 1 rings (SSSR count). The number of nitriles is 1. The maximum Gasteiger partial charge on any atom is 0.364 e. The van der Waals surface area contributed by atoms with E-state index in [1.54, 1.807) is 6.07 Å². The van der Waals surface area contributed by atoms with Crippen molar-refractivity contribution in [3.05, 3.63) is 32.8 Å². The molecule has 10 heteroatoms. The number of carbonyl (C=O) groups is 1. The first-order valence-corrected chi connectivity index (χ1v) is 5.85. The van der Waals surface area contributed by atoms with Crippen LogP contribution >= 0.6 is 46.4 Å². The Bertz CT molecular complexity index is 591. The van der Waals surface area contributed by atoms with Crippen LogP contribution in [-0.4, -0.2) is 14.7 Å². The van der Waals surface area contributed by atoms with E-state index in [4.69, 9.17) is 51.7 Å². The number of carbonyl (C=O) groups excluding carboxylic acids is 1. The van der Waals surface area contributed by atoms with Gasteiger partial charge in [0.2, 0.25) is 5.75 Å². The van der Waals surface area contributed by atoms with Crippen molar-refractivity contribution in [2.75, 3.05) is 0 Å². The maximum absolute atomic E-state index is 11.4. The van der Waals surface area contributed by atoms with Crippen LogP contribution in [0.4, 0.5) is 5.69 Å². The summed E-state index contributed by atoms with van der Waals surface area (Å²) in [6.45, 7) is 0. The zero-order valence-corrected chi connectivity index (χ0v) is 11.7. The van der Waals surface area contributed by atoms with Gasteiger partial charge in [-0.1, -0.05) is 46.4 Å². The Kier molecular flexibility index (Phi) is 4.82. The molecule has 0 spiro atoms. The molecule has 0 heterocycles. The SMILES string of the molecule is N#Cc1cc(Cl)c(OC(=O)C(Cl)(Cl)Cl)c([N+](=O)[O-])c1. The number of esters is 1. The molecule has 0 unspecified atom stereocenters. The van der Waals surface area contributed by atoms with Gasteiger partial charge in [-0.2, -0.15) is 5.26 Å². The average Bonchev–Trinajstić information content (AvgIpc) is 2.29. The van der Waals surface area contributed by atoms with E-state index in [0.717, 1.165) is 12.1 Å². The van der Waals surface area contributed by atoms with Crippen LogP contribution in [0.15, 0.2) is 12.1 Å². The molecule has 0 fully saturated rings. The Morgan fingerprint density at radius 3 is 2.42 bits per heavy atom. The molecular formula is C9H2Cl4N2O4. The van der Waals surface area contributed by atoms with Crippen molar-refractivity contribution in [3.8, 4) is 11.8 Å². The molecule has 0 aliphatic carbocycles. The van der Waals surface area contributed by atoms with E-state index in [2.05, 4.69) is 4.74 Å². The molecule has 0 aliphatic heterocycles. The molecule has 1 aromatic rings. The van der Waals surface area contributed by atoms with Crippen LogP contribution in [0.2, 0.25) is 5.02 Å². The highest BCUT2D eigenvalue weighted by molar-refractivity contribution is 6.75. The molecule has 19 heavy (non-hydrogen) atoms. The number of ether oxygens (including phenoxy) is 1. The number of halogens is 4. The second-order valence-electron chi connectivity index (χ2n) is 3.06. The van der Waals surface area contributed by atoms with Crippen LogP contribution in [0.1, 0.15) is 5.56 Å². The predicted molar refractivity (Wildman–Crippen MR) is 68.7 cm³/mol. The van der Waals surface area contributed by atoms with Crippen molar-refractivity contribution in [1.29, 1.82) is 5.26 Å². The minimum Gasteiger partial charge on any atom is -0.414 e. The van der Waals surface area contributed by atoms with E-state index in [-0.39, 0.29) is 10.6 Å². The number of nitrogens with zero attached hydrogens (tertiary/aromatic N) is 2. The van der Waals surface area contributed by atoms with E-state index >= 15 is 0 Å². The summed E-state index contributed by atoms with van der Waals surface area (Å²) in [7, 11) is 0. The lowest BCUT2D eigenvalue weighted by molar-refractivity contribution is -0.385. The smallest absolute Gasteiger partial charge is 0.364 e. The van der Waals surface area contributed by atoms with Crippen LogP contribution in [0.5, 0.6) is 5.75 Å². The molecule has 6 nitrogen and oxygen atoms in total. The van der Waals surface area contributed by atoms with Crippen molar-refractivity contribution in [2.45, 2.75) is 3.79 Å². The Hall–Kier alpha value is -1.26. The lowest BCUT2D eigenvalue weighted by atomic mass is 10.2. The summed E-state index contributed by atoms with van der Waals surface area (Å²) in [6.07, 6.45) is 0. The molecule has 1 aromatic carbocycles. The second-order valence-corrected chi connectivity index (χ2v) is 5.75. The van der Waals surface area contributed by atoms with Gasteiger partial charge >= 0.3 is 11.7 Å². The molecule has 0 N–H and O–H groups in total. The van der Waals surface area contributed by atoms with Crippen LogP contribution in [0, 0.1) is 21.4 Å². The van der Waals surface area contributed by atoms with Gasteiger partial charge in [0.05, 0.1) is 21.6 Å². The maximum atomic E-state index is 11.4. The fraction of sp³-hybridized carbons (Fsp3) is 0.111. The van der Waals surface area contributed by atoms with E-state index < -0.39 is 26.1 Å². The molecule has 0 saturated heterocycles. The van der Waals surface area contributed by atoms with Crippen LogP contribution in [0.3, 0.4) is 0 Å². The van der Waals surface area contributed by atoms with Crippen molar-refractivity contribution in [1.82, 2.24) is 0 Å². The molecule has 0 aliphatic rings.